The Morgan fingerprint density at radius 2 is 0.864 bits per heavy atom. The first-order valence-electron chi connectivity index (χ1n) is 25.7. The van der Waals surface area contributed by atoms with E-state index in [1.165, 1.54) is 141 Å². The Kier molecular flexibility index (Phi) is 45.6. The van der Waals surface area contributed by atoms with Crippen molar-refractivity contribution in [3.63, 3.8) is 0 Å². The zero-order valence-electron chi connectivity index (χ0n) is 39.4. The third-order valence-corrected chi connectivity index (χ3v) is 11.7. The maximum Gasteiger partial charge on any atom is 0.306 e. The monoisotopic (exact) mass is 830 g/mol. The van der Waals surface area contributed by atoms with E-state index < -0.39 is 18.2 Å². The van der Waals surface area contributed by atoms with E-state index in [0.717, 1.165) is 77.0 Å². The van der Waals surface area contributed by atoms with Gasteiger partial charge in [0.05, 0.1) is 25.2 Å². The zero-order valence-corrected chi connectivity index (χ0v) is 39.4. The molecular weight excluding hydrogens is 731 g/mol. The van der Waals surface area contributed by atoms with Crippen molar-refractivity contribution < 1.29 is 24.5 Å². The number of rotatable bonds is 46. The molecule has 0 rings (SSSR count). The Morgan fingerprint density at radius 3 is 1.34 bits per heavy atom. The number of aliphatic hydroxyl groups is 2. The molecule has 0 bridgehead atoms. The van der Waals surface area contributed by atoms with Crippen molar-refractivity contribution in [1.29, 1.82) is 0 Å². The normalized spacial score (nSPS) is 13.5. The Labute approximate surface area is 366 Å². The number of nitrogens with one attached hydrogen (secondary N) is 1. The van der Waals surface area contributed by atoms with Crippen LogP contribution in [-0.4, -0.2) is 46.9 Å². The van der Waals surface area contributed by atoms with Crippen LogP contribution in [0.2, 0.25) is 0 Å². The molecule has 346 valence electrons. The largest absolute Gasteiger partial charge is 0.462 e. The van der Waals surface area contributed by atoms with Gasteiger partial charge in [0.1, 0.15) is 6.10 Å². The minimum atomic E-state index is -0.789. The Balaban J connectivity index is 4.61. The van der Waals surface area contributed by atoms with Gasteiger partial charge < -0.3 is 20.3 Å². The van der Waals surface area contributed by atoms with Gasteiger partial charge in [0.25, 0.3) is 0 Å². The maximum atomic E-state index is 13.2. The van der Waals surface area contributed by atoms with Gasteiger partial charge in [-0.1, -0.05) is 205 Å². The molecule has 0 fully saturated rings. The van der Waals surface area contributed by atoms with Crippen LogP contribution >= 0.6 is 0 Å². The molecular formula is C53H99NO5. The Morgan fingerprint density at radius 1 is 0.492 bits per heavy atom. The molecule has 6 heteroatoms. The van der Waals surface area contributed by atoms with E-state index in [0.29, 0.717) is 19.3 Å². The van der Waals surface area contributed by atoms with E-state index in [2.05, 4.69) is 62.5 Å². The Hall–Kier alpha value is -1.92. The van der Waals surface area contributed by atoms with E-state index in [1.807, 2.05) is 0 Å². The van der Waals surface area contributed by atoms with Gasteiger partial charge in [0.15, 0.2) is 0 Å². The van der Waals surface area contributed by atoms with Crippen LogP contribution in [0.3, 0.4) is 0 Å². The van der Waals surface area contributed by atoms with Crippen molar-refractivity contribution in [3.05, 3.63) is 36.5 Å². The first kappa shape index (κ1) is 57.1. The van der Waals surface area contributed by atoms with Crippen molar-refractivity contribution >= 4 is 11.9 Å². The van der Waals surface area contributed by atoms with Crippen LogP contribution in [0.15, 0.2) is 36.5 Å². The third-order valence-electron chi connectivity index (χ3n) is 11.7. The maximum absolute atomic E-state index is 13.2. The molecule has 0 aromatic heterocycles. The molecule has 0 heterocycles. The summed E-state index contributed by atoms with van der Waals surface area (Å²) in [5, 5.41) is 23.7. The number of carbonyl (C=O) groups is 2. The van der Waals surface area contributed by atoms with Crippen molar-refractivity contribution in [3.8, 4) is 0 Å². The quantitative estimate of drug-likeness (QED) is 0.0323. The summed E-state index contributed by atoms with van der Waals surface area (Å²) in [6, 6.07) is -0.704. The number of hydrogen-bond acceptors (Lipinski definition) is 5. The minimum Gasteiger partial charge on any atom is -0.462 e. The van der Waals surface area contributed by atoms with Crippen molar-refractivity contribution in [2.24, 2.45) is 0 Å². The van der Waals surface area contributed by atoms with E-state index in [9.17, 15) is 19.8 Å². The molecule has 6 nitrogen and oxygen atoms in total. The van der Waals surface area contributed by atoms with Crippen LogP contribution in [-0.2, 0) is 14.3 Å². The van der Waals surface area contributed by atoms with Gasteiger partial charge >= 0.3 is 5.97 Å². The van der Waals surface area contributed by atoms with Gasteiger partial charge in [-0.15, -0.1) is 0 Å². The fraction of sp³-hybridized carbons (Fsp3) is 0.849. The summed E-state index contributed by atoms with van der Waals surface area (Å²) < 4.78 is 5.92. The van der Waals surface area contributed by atoms with Gasteiger partial charge in [0.2, 0.25) is 5.91 Å². The zero-order chi connectivity index (χ0) is 43.1. The lowest BCUT2D eigenvalue weighted by Crippen LogP contribution is -2.46. The van der Waals surface area contributed by atoms with Crippen LogP contribution in [0, 0.1) is 0 Å². The van der Waals surface area contributed by atoms with Gasteiger partial charge in [-0.05, 0) is 83.5 Å². The van der Waals surface area contributed by atoms with E-state index in [1.54, 1.807) is 0 Å². The molecule has 3 atom stereocenters. The average Bonchev–Trinajstić information content (AvgIpc) is 3.23. The summed E-state index contributed by atoms with van der Waals surface area (Å²) in [5.74, 6) is -0.494. The van der Waals surface area contributed by atoms with Gasteiger partial charge in [0, 0.05) is 6.42 Å². The number of esters is 1. The van der Waals surface area contributed by atoms with Gasteiger partial charge in [-0.3, -0.25) is 9.59 Å². The van der Waals surface area contributed by atoms with Gasteiger partial charge in [-0.25, -0.2) is 0 Å². The number of carbonyl (C=O) groups excluding carboxylic acids is 2. The summed E-state index contributed by atoms with van der Waals surface area (Å²) in [4.78, 5) is 26.1. The first-order chi connectivity index (χ1) is 29.0. The molecule has 0 radical (unpaired) electrons. The summed E-state index contributed by atoms with van der Waals surface area (Å²) in [6.45, 7) is 6.44. The Bertz CT molecular complexity index is 977. The predicted molar refractivity (Wildman–Crippen MR) is 255 cm³/mol. The minimum absolute atomic E-state index is 0.0682. The van der Waals surface area contributed by atoms with Crippen molar-refractivity contribution in [1.82, 2.24) is 5.32 Å². The predicted octanol–water partition coefficient (Wildman–Crippen LogP) is 15.3. The lowest BCUT2D eigenvalue weighted by Gasteiger charge is -2.24. The van der Waals surface area contributed by atoms with E-state index >= 15 is 0 Å². The molecule has 59 heavy (non-hydrogen) atoms. The molecule has 3 N–H and O–H groups in total. The molecule has 0 spiro atoms. The van der Waals surface area contributed by atoms with Crippen molar-refractivity contribution in [2.45, 2.75) is 283 Å². The molecule has 0 aliphatic rings. The number of allylic oxidation sites excluding steroid dienone is 6. The molecule has 0 aliphatic carbocycles. The standard InChI is InChI=1S/C53H99NO5/c1-4-7-10-13-16-19-22-24-25-26-27-29-30-32-35-38-41-44-49(59-53(58)46-43-40-37-34-31-28-23-20-17-14-11-8-5-2)47-52(57)54-50(48-55)51(56)45-42-39-36-33-21-18-15-12-9-6-3/h16,19,24-25,28,31,49-51,55-56H,4-15,17-18,20-23,26-27,29-30,32-48H2,1-3H3,(H,54,57)/b19-16-,25-24-,31-28-. The van der Waals surface area contributed by atoms with E-state index in [-0.39, 0.29) is 24.9 Å². The van der Waals surface area contributed by atoms with E-state index in [4.69, 9.17) is 4.74 Å². The fourth-order valence-electron chi connectivity index (χ4n) is 7.75. The highest BCUT2D eigenvalue weighted by Crippen LogP contribution is 2.18. The number of aliphatic hydroxyl groups excluding tert-OH is 2. The highest BCUT2D eigenvalue weighted by molar-refractivity contribution is 5.77. The SMILES string of the molecule is CCCCC/C=C\C/C=C\CCCCCCCCCC(CC(=O)NC(CO)C(O)CCCCCCCCCCCC)OC(=O)CCCCC/C=C\CCCCCCCC. The second kappa shape index (κ2) is 47.1. The molecule has 1 amide bonds. The van der Waals surface area contributed by atoms with Crippen LogP contribution in [0.4, 0.5) is 0 Å². The first-order valence-corrected chi connectivity index (χ1v) is 25.7. The highest BCUT2D eigenvalue weighted by atomic mass is 16.5. The second-order valence-electron chi connectivity index (χ2n) is 17.6. The lowest BCUT2D eigenvalue weighted by atomic mass is 10.0. The molecule has 0 aromatic rings. The molecule has 3 unspecified atom stereocenters. The molecule has 0 aromatic carbocycles. The number of ether oxygens (including phenoxy) is 1. The molecule has 0 aliphatic heterocycles. The summed E-state index contributed by atoms with van der Waals surface area (Å²) >= 11 is 0. The topological polar surface area (TPSA) is 95.9 Å². The van der Waals surface area contributed by atoms with Crippen molar-refractivity contribution in [2.75, 3.05) is 6.61 Å². The van der Waals surface area contributed by atoms with Crippen LogP contribution < -0.4 is 5.32 Å². The second-order valence-corrected chi connectivity index (χ2v) is 17.6. The molecule has 0 saturated heterocycles. The number of unbranched alkanes of at least 4 members (excludes halogenated alkanes) is 28. The van der Waals surface area contributed by atoms with Crippen LogP contribution in [0.1, 0.15) is 265 Å². The third kappa shape index (κ3) is 42.6. The van der Waals surface area contributed by atoms with Crippen LogP contribution in [0.25, 0.3) is 0 Å². The fourth-order valence-corrected chi connectivity index (χ4v) is 7.75. The smallest absolute Gasteiger partial charge is 0.306 e. The molecule has 0 saturated carbocycles. The average molecular weight is 830 g/mol. The summed E-state index contributed by atoms with van der Waals surface area (Å²) in [7, 11) is 0. The summed E-state index contributed by atoms with van der Waals surface area (Å²) in [5.41, 5.74) is 0. The van der Waals surface area contributed by atoms with Crippen LogP contribution in [0.5, 0.6) is 0 Å². The lowest BCUT2D eigenvalue weighted by molar-refractivity contribution is -0.151. The number of hydrogen-bond donors (Lipinski definition) is 3. The van der Waals surface area contributed by atoms with Gasteiger partial charge in [-0.2, -0.15) is 0 Å². The number of amides is 1. The summed E-state index contributed by atoms with van der Waals surface area (Å²) in [6.07, 6.45) is 54.9. The highest BCUT2D eigenvalue weighted by Gasteiger charge is 2.24.